The molecule has 2 aromatic heterocycles. The minimum atomic E-state index is -0.476. The summed E-state index contributed by atoms with van der Waals surface area (Å²) < 4.78 is 0. The molecule has 0 fully saturated rings. The van der Waals surface area contributed by atoms with E-state index in [0.717, 1.165) is 4.88 Å². The van der Waals surface area contributed by atoms with Crippen LogP contribution < -0.4 is 5.73 Å². The molecule has 0 saturated heterocycles. The molecule has 100 valence electrons. The number of nitrogens with zero attached hydrogens (tertiary/aromatic N) is 3. The number of anilines is 1. The van der Waals surface area contributed by atoms with Gasteiger partial charge in [0.1, 0.15) is 0 Å². The van der Waals surface area contributed by atoms with Crippen LogP contribution >= 0.6 is 11.3 Å². The SMILES string of the molecule is Nc1ccc([N+](=O)[O-])cc1-c1n[nH]c(-c2cccs2)n1. The average molecular weight is 287 g/mol. The predicted octanol–water partition coefficient (Wildman–Crippen LogP) is 2.69. The van der Waals surface area contributed by atoms with Crippen molar-refractivity contribution in [3.63, 3.8) is 0 Å². The molecule has 0 aliphatic rings. The van der Waals surface area contributed by atoms with Crippen molar-refractivity contribution in [1.29, 1.82) is 0 Å². The normalized spacial score (nSPS) is 10.6. The van der Waals surface area contributed by atoms with Crippen molar-refractivity contribution in [1.82, 2.24) is 15.2 Å². The number of nitrogens with one attached hydrogen (secondary N) is 1. The van der Waals surface area contributed by atoms with Gasteiger partial charge in [0.2, 0.25) is 0 Å². The Kier molecular flexibility index (Phi) is 2.92. The van der Waals surface area contributed by atoms with E-state index in [1.165, 1.54) is 29.5 Å². The number of non-ortho nitro benzene ring substituents is 1. The van der Waals surface area contributed by atoms with E-state index in [2.05, 4.69) is 15.2 Å². The number of nitro benzene ring substituents is 1. The molecule has 0 saturated carbocycles. The Hall–Kier alpha value is -2.74. The number of nitrogens with two attached hydrogens (primary N) is 1. The van der Waals surface area contributed by atoms with Gasteiger partial charge in [-0.1, -0.05) is 6.07 Å². The molecular formula is C12H9N5O2S. The van der Waals surface area contributed by atoms with E-state index in [-0.39, 0.29) is 5.69 Å². The molecule has 0 spiro atoms. The highest BCUT2D eigenvalue weighted by Gasteiger charge is 2.15. The number of aromatic amines is 1. The Labute approximate surface area is 117 Å². The topological polar surface area (TPSA) is 111 Å². The number of H-pyrrole nitrogens is 1. The van der Waals surface area contributed by atoms with Crippen LogP contribution in [0, 0.1) is 10.1 Å². The quantitative estimate of drug-likeness (QED) is 0.437. The van der Waals surface area contributed by atoms with Gasteiger partial charge in [-0.05, 0) is 17.5 Å². The van der Waals surface area contributed by atoms with Crippen LogP contribution in [0.4, 0.5) is 11.4 Å². The van der Waals surface area contributed by atoms with Gasteiger partial charge >= 0.3 is 0 Å². The molecule has 0 aliphatic carbocycles. The highest BCUT2D eigenvalue weighted by atomic mass is 32.1. The van der Waals surface area contributed by atoms with Gasteiger partial charge in [-0.25, -0.2) is 4.98 Å². The summed E-state index contributed by atoms with van der Waals surface area (Å²) in [6.07, 6.45) is 0. The van der Waals surface area contributed by atoms with Gasteiger partial charge in [0, 0.05) is 17.8 Å². The number of nitro groups is 1. The van der Waals surface area contributed by atoms with Crippen molar-refractivity contribution in [2.75, 3.05) is 5.73 Å². The first-order chi connectivity index (χ1) is 9.65. The molecule has 2 heterocycles. The Morgan fingerprint density at radius 2 is 2.20 bits per heavy atom. The first-order valence-corrected chi connectivity index (χ1v) is 6.53. The van der Waals surface area contributed by atoms with E-state index in [0.29, 0.717) is 22.9 Å². The minimum absolute atomic E-state index is 0.0447. The van der Waals surface area contributed by atoms with Crippen molar-refractivity contribution < 1.29 is 4.92 Å². The van der Waals surface area contributed by atoms with Crippen LogP contribution in [0.15, 0.2) is 35.7 Å². The molecule has 3 N–H and O–H groups in total. The summed E-state index contributed by atoms with van der Waals surface area (Å²) in [5.41, 5.74) is 6.63. The maximum absolute atomic E-state index is 10.8. The highest BCUT2D eigenvalue weighted by Crippen LogP contribution is 2.29. The predicted molar refractivity (Wildman–Crippen MR) is 76.2 cm³/mol. The zero-order valence-electron chi connectivity index (χ0n) is 10.1. The van der Waals surface area contributed by atoms with Gasteiger partial charge in [-0.2, -0.15) is 5.10 Å². The standard InChI is InChI=1S/C12H9N5O2S/c13-9-4-3-7(17(18)19)6-8(9)11-14-12(16-15-11)10-2-1-5-20-10/h1-6H,13H2,(H,14,15,16). The lowest BCUT2D eigenvalue weighted by atomic mass is 10.1. The molecule has 3 rings (SSSR count). The molecule has 7 nitrogen and oxygen atoms in total. The van der Waals surface area contributed by atoms with Gasteiger partial charge in [0.25, 0.3) is 5.69 Å². The maximum atomic E-state index is 10.8. The molecule has 1 aromatic carbocycles. The summed E-state index contributed by atoms with van der Waals surface area (Å²) in [7, 11) is 0. The molecule has 20 heavy (non-hydrogen) atoms. The molecule has 0 bridgehead atoms. The van der Waals surface area contributed by atoms with Crippen LogP contribution in [0.1, 0.15) is 0 Å². The summed E-state index contributed by atoms with van der Waals surface area (Å²) in [5.74, 6) is 0.954. The lowest BCUT2D eigenvalue weighted by molar-refractivity contribution is -0.384. The molecule has 0 amide bonds. The highest BCUT2D eigenvalue weighted by molar-refractivity contribution is 7.13. The van der Waals surface area contributed by atoms with Crippen LogP contribution in [0.3, 0.4) is 0 Å². The summed E-state index contributed by atoms with van der Waals surface area (Å²) in [6, 6.07) is 8.02. The number of aromatic nitrogens is 3. The third kappa shape index (κ3) is 2.12. The van der Waals surface area contributed by atoms with Crippen molar-refractivity contribution in [3.05, 3.63) is 45.8 Å². The fourth-order valence-electron chi connectivity index (χ4n) is 1.76. The Balaban J connectivity index is 2.05. The van der Waals surface area contributed by atoms with Crippen LogP contribution in [-0.2, 0) is 0 Å². The molecule has 8 heteroatoms. The molecular weight excluding hydrogens is 278 g/mol. The van der Waals surface area contributed by atoms with Crippen LogP contribution in [0.25, 0.3) is 22.1 Å². The number of hydrogen-bond donors (Lipinski definition) is 2. The summed E-state index contributed by atoms with van der Waals surface area (Å²) in [4.78, 5) is 15.6. The second-order valence-electron chi connectivity index (χ2n) is 4.01. The first-order valence-electron chi connectivity index (χ1n) is 5.66. The molecule has 0 unspecified atom stereocenters. The van der Waals surface area contributed by atoms with Crippen molar-refractivity contribution in [2.45, 2.75) is 0 Å². The van der Waals surface area contributed by atoms with E-state index in [1.807, 2.05) is 17.5 Å². The van der Waals surface area contributed by atoms with Gasteiger partial charge in [-0.3, -0.25) is 15.2 Å². The number of nitrogen functional groups attached to an aromatic ring is 1. The van der Waals surface area contributed by atoms with Gasteiger partial charge in [0.15, 0.2) is 11.6 Å². The van der Waals surface area contributed by atoms with Gasteiger partial charge < -0.3 is 5.73 Å². The second kappa shape index (κ2) is 4.74. The van der Waals surface area contributed by atoms with E-state index in [4.69, 9.17) is 5.73 Å². The van der Waals surface area contributed by atoms with Crippen LogP contribution in [-0.4, -0.2) is 20.1 Å². The van der Waals surface area contributed by atoms with Crippen LogP contribution in [0.5, 0.6) is 0 Å². The summed E-state index contributed by atoms with van der Waals surface area (Å²) >= 11 is 1.52. The smallest absolute Gasteiger partial charge is 0.270 e. The first kappa shape index (κ1) is 12.3. The lowest BCUT2D eigenvalue weighted by Gasteiger charge is -2.00. The third-order valence-corrected chi connectivity index (χ3v) is 3.61. The average Bonchev–Trinajstić information content (AvgIpc) is 3.10. The van der Waals surface area contributed by atoms with E-state index in [9.17, 15) is 10.1 Å². The van der Waals surface area contributed by atoms with E-state index < -0.39 is 4.92 Å². The number of thiophene rings is 1. The number of hydrogen-bond acceptors (Lipinski definition) is 6. The van der Waals surface area contributed by atoms with Crippen molar-refractivity contribution in [2.24, 2.45) is 0 Å². The summed E-state index contributed by atoms with van der Waals surface area (Å²) in [5, 5.41) is 19.6. The van der Waals surface area contributed by atoms with E-state index in [1.54, 1.807) is 0 Å². The lowest BCUT2D eigenvalue weighted by Crippen LogP contribution is -1.94. The van der Waals surface area contributed by atoms with Gasteiger partial charge in [0.05, 0.1) is 15.4 Å². The van der Waals surface area contributed by atoms with E-state index >= 15 is 0 Å². The Bertz CT molecular complexity index is 766. The maximum Gasteiger partial charge on any atom is 0.270 e. The number of benzene rings is 1. The number of rotatable bonds is 3. The van der Waals surface area contributed by atoms with Crippen molar-refractivity contribution >= 4 is 22.7 Å². The molecule has 0 radical (unpaired) electrons. The molecule has 0 atom stereocenters. The largest absolute Gasteiger partial charge is 0.398 e. The Morgan fingerprint density at radius 1 is 1.35 bits per heavy atom. The fourth-order valence-corrected chi connectivity index (χ4v) is 2.42. The van der Waals surface area contributed by atoms with Crippen LogP contribution in [0.2, 0.25) is 0 Å². The zero-order chi connectivity index (χ0) is 14.1. The Morgan fingerprint density at radius 3 is 2.90 bits per heavy atom. The zero-order valence-corrected chi connectivity index (χ0v) is 10.9. The second-order valence-corrected chi connectivity index (χ2v) is 4.96. The molecule has 0 aliphatic heterocycles. The summed E-state index contributed by atoms with van der Waals surface area (Å²) in [6.45, 7) is 0. The minimum Gasteiger partial charge on any atom is -0.398 e. The molecule has 3 aromatic rings. The van der Waals surface area contributed by atoms with Crippen molar-refractivity contribution in [3.8, 4) is 22.1 Å². The fraction of sp³-hybridized carbons (Fsp3) is 0. The monoisotopic (exact) mass is 287 g/mol. The van der Waals surface area contributed by atoms with Gasteiger partial charge in [-0.15, -0.1) is 11.3 Å². The third-order valence-electron chi connectivity index (χ3n) is 2.73.